The second kappa shape index (κ2) is 14.0. The largest absolute Gasteiger partial charge is 0.492 e. The first kappa shape index (κ1) is 27.6. The van der Waals surface area contributed by atoms with E-state index in [-0.39, 0.29) is 23.8 Å². The van der Waals surface area contributed by atoms with E-state index in [0.29, 0.717) is 45.5 Å². The van der Waals surface area contributed by atoms with E-state index in [1.807, 2.05) is 61.5 Å². The van der Waals surface area contributed by atoms with E-state index in [1.54, 1.807) is 4.90 Å². The summed E-state index contributed by atoms with van der Waals surface area (Å²) in [6.07, 6.45) is 4.77. The Kier molecular flexibility index (Phi) is 10.1. The summed E-state index contributed by atoms with van der Waals surface area (Å²) >= 11 is 0. The number of hydrogen-bond acceptors (Lipinski definition) is 5. The van der Waals surface area contributed by atoms with Gasteiger partial charge in [0.1, 0.15) is 24.4 Å². The first-order chi connectivity index (χ1) is 18.6. The number of para-hydroxylation sites is 1. The molecule has 4 rings (SSSR count). The summed E-state index contributed by atoms with van der Waals surface area (Å²) in [6.45, 7) is 4.05. The van der Waals surface area contributed by atoms with Crippen molar-refractivity contribution >= 4 is 17.7 Å². The zero-order valence-electron chi connectivity index (χ0n) is 22.3. The van der Waals surface area contributed by atoms with Gasteiger partial charge in [-0.1, -0.05) is 61.9 Å². The molecule has 2 heterocycles. The quantitative estimate of drug-likeness (QED) is 0.576. The molecule has 2 aromatic carbocycles. The van der Waals surface area contributed by atoms with Gasteiger partial charge in [-0.3, -0.25) is 14.4 Å². The van der Waals surface area contributed by atoms with Gasteiger partial charge in [0, 0.05) is 26.1 Å². The van der Waals surface area contributed by atoms with Crippen LogP contribution >= 0.6 is 0 Å². The number of benzene rings is 2. The maximum atomic E-state index is 13.6. The van der Waals surface area contributed by atoms with Crippen molar-refractivity contribution in [3.63, 3.8) is 0 Å². The van der Waals surface area contributed by atoms with E-state index in [2.05, 4.69) is 16.0 Å². The lowest BCUT2D eigenvalue weighted by Crippen LogP contribution is -2.56. The first-order valence-electron chi connectivity index (χ1n) is 13.9. The highest BCUT2D eigenvalue weighted by Crippen LogP contribution is 2.21. The SMILES string of the molecule is CCC[C@@H]1NCCOc2ccccc2CCCNC(=O)[C@H](Cc2ccccc2)NC(=O)[C@H]2CCCN2C1=O. The molecule has 0 aliphatic carbocycles. The van der Waals surface area contributed by atoms with Crippen molar-refractivity contribution in [1.29, 1.82) is 0 Å². The zero-order chi connectivity index (χ0) is 26.7. The van der Waals surface area contributed by atoms with Crippen LogP contribution in [0.5, 0.6) is 5.75 Å². The summed E-state index contributed by atoms with van der Waals surface area (Å²) in [5, 5.41) is 9.37. The number of nitrogens with zero attached hydrogens (tertiary/aromatic N) is 1. The van der Waals surface area contributed by atoms with Crippen LogP contribution < -0.4 is 20.7 Å². The Morgan fingerprint density at radius 1 is 0.921 bits per heavy atom. The number of hydrogen-bond donors (Lipinski definition) is 3. The van der Waals surface area contributed by atoms with Gasteiger partial charge in [-0.2, -0.15) is 0 Å². The number of carbonyl (C=O) groups is 3. The predicted molar refractivity (Wildman–Crippen MR) is 147 cm³/mol. The van der Waals surface area contributed by atoms with E-state index in [1.165, 1.54) is 0 Å². The van der Waals surface area contributed by atoms with Gasteiger partial charge in [0.15, 0.2) is 0 Å². The molecule has 3 N–H and O–H groups in total. The molecule has 1 fully saturated rings. The summed E-state index contributed by atoms with van der Waals surface area (Å²) in [7, 11) is 0. The van der Waals surface area contributed by atoms with Crippen LogP contribution in [0.2, 0.25) is 0 Å². The molecular formula is C30H40N4O4. The molecule has 2 aliphatic heterocycles. The lowest BCUT2D eigenvalue weighted by atomic mass is 10.0. The Morgan fingerprint density at radius 3 is 2.53 bits per heavy atom. The lowest BCUT2D eigenvalue weighted by molar-refractivity contribution is -0.141. The van der Waals surface area contributed by atoms with Crippen LogP contribution in [0.3, 0.4) is 0 Å². The second-order valence-corrected chi connectivity index (χ2v) is 10.1. The van der Waals surface area contributed by atoms with Crippen LogP contribution in [0.15, 0.2) is 54.6 Å². The molecule has 3 amide bonds. The van der Waals surface area contributed by atoms with Gasteiger partial charge < -0.3 is 25.6 Å². The molecule has 8 heteroatoms. The number of amides is 3. The fraction of sp³-hybridized carbons (Fsp3) is 0.500. The van der Waals surface area contributed by atoms with Crippen LogP contribution in [-0.4, -0.2) is 67.0 Å². The van der Waals surface area contributed by atoms with Gasteiger partial charge in [-0.25, -0.2) is 0 Å². The molecular weight excluding hydrogens is 480 g/mol. The fourth-order valence-corrected chi connectivity index (χ4v) is 5.29. The summed E-state index contributed by atoms with van der Waals surface area (Å²) in [5.41, 5.74) is 2.05. The van der Waals surface area contributed by atoms with Crippen molar-refractivity contribution < 1.29 is 19.1 Å². The number of nitrogens with one attached hydrogen (secondary N) is 3. The number of rotatable bonds is 4. The maximum absolute atomic E-state index is 13.6. The number of fused-ring (bicyclic) bond motifs is 2. The molecule has 1 saturated heterocycles. The van der Waals surface area contributed by atoms with Gasteiger partial charge in [0.05, 0.1) is 6.04 Å². The molecule has 0 unspecified atom stereocenters. The smallest absolute Gasteiger partial charge is 0.243 e. The van der Waals surface area contributed by atoms with E-state index >= 15 is 0 Å². The van der Waals surface area contributed by atoms with Crippen LogP contribution in [0, 0.1) is 0 Å². The van der Waals surface area contributed by atoms with Crippen LogP contribution in [0.1, 0.15) is 50.2 Å². The van der Waals surface area contributed by atoms with Crippen molar-refractivity contribution in [1.82, 2.24) is 20.9 Å². The molecule has 204 valence electrons. The average molecular weight is 521 g/mol. The van der Waals surface area contributed by atoms with Crippen molar-refractivity contribution in [2.75, 3.05) is 26.2 Å². The molecule has 3 atom stereocenters. The third kappa shape index (κ3) is 7.34. The summed E-state index contributed by atoms with van der Waals surface area (Å²) in [6, 6.07) is 15.9. The fourth-order valence-electron chi connectivity index (χ4n) is 5.29. The van der Waals surface area contributed by atoms with E-state index in [9.17, 15) is 14.4 Å². The van der Waals surface area contributed by atoms with Crippen LogP contribution in [0.4, 0.5) is 0 Å². The zero-order valence-corrected chi connectivity index (χ0v) is 22.3. The topological polar surface area (TPSA) is 99.8 Å². The summed E-state index contributed by atoms with van der Waals surface area (Å²) < 4.78 is 6.06. The number of aryl methyl sites for hydroxylation is 1. The molecule has 2 aliphatic rings. The van der Waals surface area contributed by atoms with Crippen molar-refractivity contribution in [2.45, 2.75) is 70.0 Å². The van der Waals surface area contributed by atoms with Crippen LogP contribution in [-0.2, 0) is 27.2 Å². The Labute approximate surface area is 225 Å². The van der Waals surface area contributed by atoms with Crippen molar-refractivity contribution in [2.24, 2.45) is 0 Å². The van der Waals surface area contributed by atoms with Crippen molar-refractivity contribution in [3.8, 4) is 5.75 Å². The molecule has 0 saturated carbocycles. The number of carbonyl (C=O) groups excluding carboxylic acids is 3. The molecule has 0 spiro atoms. The van der Waals surface area contributed by atoms with Crippen molar-refractivity contribution in [3.05, 3.63) is 65.7 Å². The third-order valence-corrected chi connectivity index (χ3v) is 7.27. The van der Waals surface area contributed by atoms with E-state index < -0.39 is 12.1 Å². The van der Waals surface area contributed by atoms with Gasteiger partial charge >= 0.3 is 0 Å². The standard InChI is InChI=1S/C30H40N4O4/c1-2-10-24-30(37)34-19-9-15-26(34)29(36)33-25(21-22-11-4-3-5-12-22)28(35)32-17-8-14-23-13-6-7-16-27(23)38-20-18-31-24/h3-7,11-13,16,24-26,31H,2,8-10,14-15,17-21H2,1H3,(H,32,35)(H,33,36)/t24-,25-,26+/m0/s1. The van der Waals surface area contributed by atoms with E-state index in [4.69, 9.17) is 4.74 Å². The third-order valence-electron chi connectivity index (χ3n) is 7.27. The highest BCUT2D eigenvalue weighted by Gasteiger charge is 2.38. The minimum Gasteiger partial charge on any atom is -0.492 e. The predicted octanol–water partition coefficient (Wildman–Crippen LogP) is 2.60. The molecule has 0 radical (unpaired) electrons. The average Bonchev–Trinajstić information content (AvgIpc) is 3.43. The van der Waals surface area contributed by atoms with Gasteiger partial charge in [0.25, 0.3) is 0 Å². The van der Waals surface area contributed by atoms with Crippen LogP contribution in [0.25, 0.3) is 0 Å². The highest BCUT2D eigenvalue weighted by atomic mass is 16.5. The van der Waals surface area contributed by atoms with Gasteiger partial charge in [-0.05, 0) is 49.3 Å². The number of ether oxygens (including phenoxy) is 1. The second-order valence-electron chi connectivity index (χ2n) is 10.1. The highest BCUT2D eigenvalue weighted by molar-refractivity contribution is 5.93. The molecule has 8 nitrogen and oxygen atoms in total. The lowest BCUT2D eigenvalue weighted by Gasteiger charge is -2.30. The summed E-state index contributed by atoms with van der Waals surface area (Å²) in [5.74, 6) is 0.291. The first-order valence-corrected chi connectivity index (χ1v) is 13.9. The monoisotopic (exact) mass is 520 g/mol. The normalized spacial score (nSPS) is 23.8. The minimum atomic E-state index is -0.721. The minimum absolute atomic E-state index is 0.0601. The Morgan fingerprint density at radius 2 is 1.71 bits per heavy atom. The molecule has 0 aromatic heterocycles. The molecule has 2 aromatic rings. The Hall–Kier alpha value is -3.39. The van der Waals surface area contributed by atoms with Gasteiger partial charge in [-0.15, -0.1) is 0 Å². The van der Waals surface area contributed by atoms with Gasteiger partial charge in [0.2, 0.25) is 17.7 Å². The van der Waals surface area contributed by atoms with E-state index in [0.717, 1.165) is 42.6 Å². The maximum Gasteiger partial charge on any atom is 0.243 e. The molecule has 38 heavy (non-hydrogen) atoms. The summed E-state index contributed by atoms with van der Waals surface area (Å²) in [4.78, 5) is 42.0. The Balaban J connectivity index is 1.56. The Bertz CT molecular complexity index is 1080. The molecule has 0 bridgehead atoms.